The number of aromatic nitrogens is 1. The minimum atomic E-state index is -0.452. The number of nitrogens with two attached hydrogens (primary N) is 1. The summed E-state index contributed by atoms with van der Waals surface area (Å²) in [7, 11) is 0. The standard InChI is InChI=1S/C18H23N3O/c1-3-5-6-11-20-18-14-10-7-9-13(8-4-2)16(14)15(12-21-18)17(19)22/h4,7,9-10,12H,2-3,5-6,8,11H2,1H3,(H2,19,22)(H,20,21). The first-order valence-corrected chi connectivity index (χ1v) is 7.74. The number of carbonyl (C=O) groups is 1. The van der Waals surface area contributed by atoms with E-state index in [2.05, 4.69) is 23.8 Å². The summed E-state index contributed by atoms with van der Waals surface area (Å²) >= 11 is 0. The van der Waals surface area contributed by atoms with Gasteiger partial charge in [0.25, 0.3) is 5.91 Å². The van der Waals surface area contributed by atoms with Crippen LogP contribution in [0.25, 0.3) is 10.8 Å². The fraction of sp³-hybridized carbons (Fsp3) is 0.333. The second-order valence-electron chi connectivity index (χ2n) is 5.35. The number of nitrogens with zero attached hydrogens (tertiary/aromatic N) is 1. The first-order chi connectivity index (χ1) is 10.7. The van der Waals surface area contributed by atoms with E-state index in [0.29, 0.717) is 12.0 Å². The van der Waals surface area contributed by atoms with Gasteiger partial charge in [0, 0.05) is 23.5 Å². The highest BCUT2D eigenvalue weighted by molar-refractivity contribution is 6.10. The van der Waals surface area contributed by atoms with Crippen molar-refractivity contribution in [1.29, 1.82) is 0 Å². The van der Waals surface area contributed by atoms with Crippen LogP contribution in [0.1, 0.15) is 42.1 Å². The topological polar surface area (TPSA) is 68.0 Å². The number of hydrogen-bond donors (Lipinski definition) is 2. The third kappa shape index (κ3) is 3.45. The zero-order valence-electron chi connectivity index (χ0n) is 13.1. The van der Waals surface area contributed by atoms with Gasteiger partial charge >= 0.3 is 0 Å². The number of carbonyl (C=O) groups excluding carboxylic acids is 1. The molecule has 1 heterocycles. The van der Waals surface area contributed by atoms with Gasteiger partial charge in [-0.2, -0.15) is 0 Å². The largest absolute Gasteiger partial charge is 0.370 e. The Hall–Kier alpha value is -2.36. The van der Waals surface area contributed by atoms with E-state index in [1.165, 1.54) is 12.8 Å². The van der Waals surface area contributed by atoms with Crippen LogP contribution in [0.2, 0.25) is 0 Å². The summed E-state index contributed by atoms with van der Waals surface area (Å²) < 4.78 is 0. The predicted molar refractivity (Wildman–Crippen MR) is 92.2 cm³/mol. The quantitative estimate of drug-likeness (QED) is 0.577. The Labute approximate surface area is 131 Å². The number of allylic oxidation sites excluding steroid dienone is 1. The Morgan fingerprint density at radius 2 is 2.23 bits per heavy atom. The number of primary amides is 1. The van der Waals surface area contributed by atoms with Crippen molar-refractivity contribution in [3.05, 3.63) is 48.2 Å². The van der Waals surface area contributed by atoms with Crippen LogP contribution in [-0.2, 0) is 6.42 Å². The minimum absolute atomic E-state index is 0.452. The summed E-state index contributed by atoms with van der Waals surface area (Å²) in [6, 6.07) is 5.95. The highest BCUT2D eigenvalue weighted by Crippen LogP contribution is 2.28. The van der Waals surface area contributed by atoms with Crippen LogP contribution in [0.5, 0.6) is 0 Å². The number of fused-ring (bicyclic) bond motifs is 1. The second kappa shape index (κ2) is 7.59. The number of pyridine rings is 1. The van der Waals surface area contributed by atoms with Crippen molar-refractivity contribution in [2.24, 2.45) is 5.73 Å². The number of benzene rings is 1. The maximum atomic E-state index is 11.7. The molecule has 0 aliphatic rings. The van der Waals surface area contributed by atoms with Crippen molar-refractivity contribution in [3.8, 4) is 0 Å². The molecule has 1 amide bonds. The average molecular weight is 297 g/mol. The lowest BCUT2D eigenvalue weighted by Gasteiger charge is -2.13. The van der Waals surface area contributed by atoms with Crippen LogP contribution in [0.15, 0.2) is 37.1 Å². The Balaban J connectivity index is 2.47. The number of anilines is 1. The molecular weight excluding hydrogens is 274 g/mol. The van der Waals surface area contributed by atoms with Crippen molar-refractivity contribution in [1.82, 2.24) is 4.98 Å². The van der Waals surface area contributed by atoms with Crippen molar-refractivity contribution in [2.45, 2.75) is 32.6 Å². The van der Waals surface area contributed by atoms with Gasteiger partial charge in [-0.15, -0.1) is 6.58 Å². The van der Waals surface area contributed by atoms with Gasteiger partial charge < -0.3 is 11.1 Å². The first kappa shape index (κ1) is 16.0. The predicted octanol–water partition coefficient (Wildman–Crippen LogP) is 3.66. The fourth-order valence-electron chi connectivity index (χ4n) is 2.61. The van der Waals surface area contributed by atoms with Crippen LogP contribution < -0.4 is 11.1 Å². The van der Waals surface area contributed by atoms with Crippen LogP contribution in [0, 0.1) is 0 Å². The lowest BCUT2D eigenvalue weighted by Crippen LogP contribution is -2.14. The van der Waals surface area contributed by atoms with Crippen LogP contribution in [0.3, 0.4) is 0 Å². The molecule has 3 N–H and O–H groups in total. The highest BCUT2D eigenvalue weighted by Gasteiger charge is 2.14. The molecule has 0 aliphatic carbocycles. The van der Waals surface area contributed by atoms with Gasteiger partial charge in [-0.3, -0.25) is 4.79 Å². The van der Waals surface area contributed by atoms with E-state index in [1.54, 1.807) is 6.20 Å². The zero-order chi connectivity index (χ0) is 15.9. The lowest BCUT2D eigenvalue weighted by molar-refractivity contribution is 0.100. The van der Waals surface area contributed by atoms with Crippen LogP contribution >= 0.6 is 0 Å². The number of amides is 1. The molecule has 0 spiro atoms. The number of nitrogens with one attached hydrogen (secondary N) is 1. The van der Waals surface area contributed by atoms with Gasteiger partial charge in [0.1, 0.15) is 5.82 Å². The number of unbranched alkanes of at least 4 members (excludes halogenated alkanes) is 2. The van der Waals surface area contributed by atoms with E-state index in [1.807, 2.05) is 24.3 Å². The van der Waals surface area contributed by atoms with E-state index < -0.39 is 5.91 Å². The zero-order valence-corrected chi connectivity index (χ0v) is 13.1. The molecule has 0 unspecified atom stereocenters. The summed E-state index contributed by atoms with van der Waals surface area (Å²) in [5.74, 6) is 0.355. The Morgan fingerprint density at radius 1 is 1.41 bits per heavy atom. The molecule has 0 aliphatic heterocycles. The minimum Gasteiger partial charge on any atom is -0.370 e. The summed E-state index contributed by atoms with van der Waals surface area (Å²) in [5.41, 5.74) is 7.02. The molecule has 22 heavy (non-hydrogen) atoms. The van der Waals surface area contributed by atoms with Gasteiger partial charge in [-0.05, 0) is 18.4 Å². The molecule has 4 heteroatoms. The summed E-state index contributed by atoms with van der Waals surface area (Å²) in [6.45, 7) is 6.83. The third-order valence-corrected chi connectivity index (χ3v) is 3.70. The first-order valence-electron chi connectivity index (χ1n) is 7.74. The molecule has 0 bridgehead atoms. The van der Waals surface area contributed by atoms with Crippen LogP contribution in [0.4, 0.5) is 5.82 Å². The molecule has 0 saturated carbocycles. The highest BCUT2D eigenvalue weighted by atomic mass is 16.1. The molecule has 1 aromatic carbocycles. The molecular formula is C18H23N3O. The van der Waals surface area contributed by atoms with E-state index in [4.69, 9.17) is 5.73 Å². The Morgan fingerprint density at radius 3 is 2.91 bits per heavy atom. The van der Waals surface area contributed by atoms with E-state index in [-0.39, 0.29) is 0 Å². The monoisotopic (exact) mass is 297 g/mol. The average Bonchev–Trinajstić information content (AvgIpc) is 2.52. The molecule has 2 aromatic rings. The molecule has 0 fully saturated rings. The van der Waals surface area contributed by atoms with Crippen molar-refractivity contribution >= 4 is 22.5 Å². The van der Waals surface area contributed by atoms with Gasteiger partial charge in [0.05, 0.1) is 5.56 Å². The lowest BCUT2D eigenvalue weighted by atomic mass is 9.98. The summed E-state index contributed by atoms with van der Waals surface area (Å²) in [5, 5.41) is 5.18. The van der Waals surface area contributed by atoms with Gasteiger partial charge in [0.15, 0.2) is 0 Å². The molecule has 1 aromatic heterocycles. The normalized spacial score (nSPS) is 10.6. The van der Waals surface area contributed by atoms with Crippen molar-refractivity contribution in [3.63, 3.8) is 0 Å². The van der Waals surface area contributed by atoms with Crippen LogP contribution in [-0.4, -0.2) is 17.4 Å². The van der Waals surface area contributed by atoms with E-state index in [0.717, 1.165) is 35.1 Å². The molecule has 2 rings (SSSR count). The van der Waals surface area contributed by atoms with Crippen molar-refractivity contribution in [2.75, 3.05) is 11.9 Å². The molecule has 116 valence electrons. The van der Waals surface area contributed by atoms with Gasteiger partial charge in [0.2, 0.25) is 0 Å². The smallest absolute Gasteiger partial charge is 0.250 e. The molecule has 0 atom stereocenters. The molecule has 0 radical (unpaired) electrons. The SMILES string of the molecule is C=CCc1cccc2c(NCCCCC)ncc(C(N)=O)c12. The Bertz CT molecular complexity index is 679. The van der Waals surface area contributed by atoms with E-state index >= 15 is 0 Å². The van der Waals surface area contributed by atoms with Gasteiger partial charge in [-0.25, -0.2) is 4.98 Å². The number of hydrogen-bond acceptors (Lipinski definition) is 3. The van der Waals surface area contributed by atoms with Gasteiger partial charge in [-0.1, -0.05) is 44.0 Å². The maximum absolute atomic E-state index is 11.7. The van der Waals surface area contributed by atoms with Crippen molar-refractivity contribution < 1.29 is 4.79 Å². The second-order valence-corrected chi connectivity index (χ2v) is 5.35. The summed E-state index contributed by atoms with van der Waals surface area (Å²) in [4.78, 5) is 16.1. The number of rotatable bonds is 8. The Kier molecular flexibility index (Phi) is 5.53. The van der Waals surface area contributed by atoms with E-state index in [9.17, 15) is 4.79 Å². The molecule has 4 nitrogen and oxygen atoms in total. The fourth-order valence-corrected chi connectivity index (χ4v) is 2.61. The summed E-state index contributed by atoms with van der Waals surface area (Å²) in [6.07, 6.45) is 7.56. The third-order valence-electron chi connectivity index (χ3n) is 3.70. The molecule has 0 saturated heterocycles. The maximum Gasteiger partial charge on any atom is 0.250 e.